The average Bonchev–Trinajstić information content (AvgIpc) is 3.56. The summed E-state index contributed by atoms with van der Waals surface area (Å²) in [5.74, 6) is 0.348. The lowest BCUT2D eigenvalue weighted by atomic mass is 9.76. The molecule has 12 nitrogen and oxygen atoms in total. The Morgan fingerprint density at radius 3 is 2.09 bits per heavy atom. The van der Waals surface area contributed by atoms with Crippen LogP contribution in [0.25, 0.3) is 0 Å². The first-order valence-corrected chi connectivity index (χ1v) is 15.6. The molecule has 2 fully saturated rings. The van der Waals surface area contributed by atoms with Gasteiger partial charge in [-0.3, -0.25) is 4.99 Å². The monoisotopic (exact) mass is 630 g/mol. The number of hydroxylamine groups is 1. The molecular formula is C33H50N4O8. The number of benzene rings is 1. The summed E-state index contributed by atoms with van der Waals surface area (Å²) < 4.78 is 22.6. The molecule has 12 heteroatoms. The lowest BCUT2D eigenvalue weighted by Crippen LogP contribution is -2.58. The van der Waals surface area contributed by atoms with Gasteiger partial charge in [-0.25, -0.2) is 19.2 Å². The number of alkyl carbamates (subject to hydrolysis) is 1. The van der Waals surface area contributed by atoms with Gasteiger partial charge in [0.1, 0.15) is 34.5 Å². The predicted octanol–water partition coefficient (Wildman–Crippen LogP) is 5.09. The van der Waals surface area contributed by atoms with Crippen molar-refractivity contribution in [3.05, 3.63) is 29.3 Å². The maximum Gasteiger partial charge on any atom is 0.431 e. The second-order valence-electron chi connectivity index (χ2n) is 15.6. The molecule has 2 aliphatic carbocycles. The summed E-state index contributed by atoms with van der Waals surface area (Å²) in [5.41, 5.74) is 6.73. The average molecular weight is 631 g/mol. The molecule has 1 spiro atoms. The van der Waals surface area contributed by atoms with Gasteiger partial charge in [-0.05, 0) is 131 Å². The molecular weight excluding hydrogens is 580 g/mol. The van der Waals surface area contributed by atoms with Crippen molar-refractivity contribution < 1.29 is 38.2 Å². The topological polar surface area (TPSA) is 160 Å². The van der Waals surface area contributed by atoms with Gasteiger partial charge in [-0.2, -0.15) is 5.48 Å². The Morgan fingerprint density at radius 2 is 1.49 bits per heavy atom. The van der Waals surface area contributed by atoms with Gasteiger partial charge in [0, 0.05) is 11.6 Å². The number of hydrogen-bond acceptors (Lipinski definition) is 9. The number of rotatable bonds is 7. The fourth-order valence-corrected chi connectivity index (χ4v) is 5.69. The highest BCUT2D eigenvalue weighted by molar-refractivity contribution is 5.98. The highest BCUT2D eigenvalue weighted by atomic mass is 16.7. The SMILES string of the molecule is CC(C)(C)OC(=O)NO[C@](C)(C(=O)OC(C)(C)C)[C@H]1CCc2cc(C(N)=NC3CC4(C3)C[C@@H]4NC(=O)OC(C)(C)C)ccc2O1. The molecule has 0 bridgehead atoms. The Labute approximate surface area is 266 Å². The van der Waals surface area contributed by atoms with Crippen molar-refractivity contribution in [2.45, 2.75) is 142 Å². The maximum absolute atomic E-state index is 13.4. The molecule has 4 rings (SSSR count). The van der Waals surface area contributed by atoms with Crippen LogP contribution in [0.5, 0.6) is 5.75 Å². The van der Waals surface area contributed by atoms with E-state index in [-0.39, 0.29) is 23.6 Å². The number of hydrogen-bond donors (Lipinski definition) is 3. The summed E-state index contributed by atoms with van der Waals surface area (Å²) >= 11 is 0. The number of carbonyl (C=O) groups excluding carboxylic acids is 3. The van der Waals surface area contributed by atoms with Crippen LogP contribution in [0.2, 0.25) is 0 Å². The van der Waals surface area contributed by atoms with Gasteiger partial charge in [-0.1, -0.05) is 0 Å². The number of nitrogens with zero attached hydrogens (tertiary/aromatic N) is 1. The molecule has 0 unspecified atom stereocenters. The van der Waals surface area contributed by atoms with Crippen LogP contribution < -0.4 is 21.3 Å². The maximum atomic E-state index is 13.4. The normalized spacial score (nSPS) is 25.9. The van der Waals surface area contributed by atoms with Gasteiger partial charge in [0.2, 0.25) is 5.60 Å². The minimum absolute atomic E-state index is 0.0885. The second kappa shape index (κ2) is 12.0. The van der Waals surface area contributed by atoms with E-state index in [4.69, 9.17) is 34.5 Å². The van der Waals surface area contributed by atoms with Gasteiger partial charge in [0.05, 0.1) is 6.04 Å². The quantitative estimate of drug-likeness (QED) is 0.123. The summed E-state index contributed by atoms with van der Waals surface area (Å²) in [5, 5.41) is 2.98. The first kappa shape index (κ1) is 34.3. The Hall–Kier alpha value is -3.54. The largest absolute Gasteiger partial charge is 0.486 e. The highest BCUT2D eigenvalue weighted by Crippen LogP contribution is 2.61. The number of ether oxygens (including phenoxy) is 4. The van der Waals surface area contributed by atoms with Crippen molar-refractivity contribution in [3.63, 3.8) is 0 Å². The number of fused-ring (bicyclic) bond motifs is 1. The van der Waals surface area contributed by atoms with E-state index in [1.165, 1.54) is 6.92 Å². The van der Waals surface area contributed by atoms with Gasteiger partial charge in [0.15, 0.2) is 0 Å². The van der Waals surface area contributed by atoms with Crippen LogP contribution in [0.4, 0.5) is 9.59 Å². The number of aryl methyl sites for hydroxylation is 1. The second-order valence-corrected chi connectivity index (χ2v) is 15.6. The van der Waals surface area contributed by atoms with Crippen molar-refractivity contribution >= 4 is 24.0 Å². The van der Waals surface area contributed by atoms with E-state index in [1.807, 2.05) is 32.9 Å². The van der Waals surface area contributed by atoms with E-state index >= 15 is 0 Å². The van der Waals surface area contributed by atoms with Crippen molar-refractivity contribution in [1.82, 2.24) is 10.8 Å². The molecule has 2 amide bonds. The zero-order valence-electron chi connectivity index (χ0n) is 28.3. The van der Waals surface area contributed by atoms with Gasteiger partial charge in [-0.15, -0.1) is 0 Å². The summed E-state index contributed by atoms with van der Waals surface area (Å²) in [4.78, 5) is 48.3. The van der Waals surface area contributed by atoms with E-state index in [9.17, 15) is 14.4 Å². The number of amides is 2. The van der Waals surface area contributed by atoms with Crippen molar-refractivity contribution in [1.29, 1.82) is 0 Å². The number of nitrogens with two attached hydrogens (primary N) is 1. The summed E-state index contributed by atoms with van der Waals surface area (Å²) in [6.07, 6.45) is 1.66. The van der Waals surface area contributed by atoms with E-state index in [0.29, 0.717) is 24.4 Å². The number of amidine groups is 1. The molecule has 4 N–H and O–H groups in total. The number of nitrogens with one attached hydrogen (secondary N) is 2. The Bertz CT molecular complexity index is 1330. The molecule has 45 heavy (non-hydrogen) atoms. The number of aliphatic imine (C=N–C) groups is 1. The third kappa shape index (κ3) is 8.80. The van der Waals surface area contributed by atoms with Gasteiger partial charge < -0.3 is 30.0 Å². The lowest BCUT2D eigenvalue weighted by molar-refractivity contribution is -0.205. The fraction of sp³-hybridized carbons (Fsp3) is 0.697. The van der Waals surface area contributed by atoms with Crippen LogP contribution in [-0.2, 0) is 30.3 Å². The van der Waals surface area contributed by atoms with Crippen molar-refractivity contribution in [2.24, 2.45) is 16.1 Å². The van der Waals surface area contributed by atoms with Crippen molar-refractivity contribution in [2.75, 3.05) is 0 Å². The van der Waals surface area contributed by atoms with Crippen LogP contribution >= 0.6 is 0 Å². The third-order valence-electron chi connectivity index (χ3n) is 7.95. The third-order valence-corrected chi connectivity index (χ3v) is 7.95. The van der Waals surface area contributed by atoms with Gasteiger partial charge >= 0.3 is 18.2 Å². The first-order chi connectivity index (χ1) is 20.6. The minimum Gasteiger partial charge on any atom is -0.486 e. The van der Waals surface area contributed by atoms with E-state index in [0.717, 1.165) is 30.4 Å². The van der Waals surface area contributed by atoms with Crippen LogP contribution in [0.15, 0.2) is 23.2 Å². The van der Waals surface area contributed by atoms with Crippen LogP contribution in [0.1, 0.15) is 106 Å². The lowest BCUT2D eigenvalue weighted by Gasteiger charge is -2.39. The molecule has 1 aliphatic heterocycles. The molecule has 0 radical (unpaired) electrons. The zero-order chi connectivity index (χ0) is 33.6. The molecule has 3 aliphatic rings. The summed E-state index contributed by atoms with van der Waals surface area (Å²) in [6, 6.07) is 5.80. The fourth-order valence-electron chi connectivity index (χ4n) is 5.69. The van der Waals surface area contributed by atoms with Crippen LogP contribution in [0.3, 0.4) is 0 Å². The molecule has 250 valence electrons. The minimum atomic E-state index is -1.67. The molecule has 1 aromatic rings. The standard InChI is InChI=1S/C33H50N4O8/c1-29(2,3)42-26(38)32(10,45-37-28(40)44-31(7,8)9)24-14-12-19-15-20(11-13-22(19)41-24)25(34)35-21-16-33(17-21)18-23(33)36-27(39)43-30(4,5)6/h11,13,15,21,23-24H,12,14,16-18H2,1-10H3,(H2,34,35)(H,36,39)(H,37,40)/t21?,23-,24+,32-,33?/m0/s1. The van der Waals surface area contributed by atoms with Crippen molar-refractivity contribution in [3.8, 4) is 5.75 Å². The summed E-state index contributed by atoms with van der Waals surface area (Å²) in [6.45, 7) is 17.5. The van der Waals surface area contributed by atoms with E-state index in [1.54, 1.807) is 47.6 Å². The molecule has 0 aromatic heterocycles. The first-order valence-electron chi connectivity index (χ1n) is 15.6. The molecule has 1 aromatic carbocycles. The predicted molar refractivity (Wildman–Crippen MR) is 168 cm³/mol. The Morgan fingerprint density at radius 1 is 0.889 bits per heavy atom. The van der Waals surface area contributed by atoms with Gasteiger partial charge in [0.25, 0.3) is 0 Å². The van der Waals surface area contributed by atoms with E-state index in [2.05, 4.69) is 10.8 Å². The van der Waals surface area contributed by atoms with Crippen LogP contribution in [0, 0.1) is 5.41 Å². The Balaban J connectivity index is 1.39. The Kier molecular flexibility index (Phi) is 9.16. The van der Waals surface area contributed by atoms with Crippen LogP contribution in [-0.4, -0.2) is 64.6 Å². The highest BCUT2D eigenvalue weighted by Gasteiger charge is 2.62. The summed E-state index contributed by atoms with van der Waals surface area (Å²) in [7, 11) is 0. The zero-order valence-corrected chi connectivity index (χ0v) is 28.3. The van der Waals surface area contributed by atoms with E-state index < -0.39 is 40.6 Å². The number of carbonyl (C=O) groups is 3. The molecule has 3 atom stereocenters. The smallest absolute Gasteiger partial charge is 0.431 e. The molecule has 1 heterocycles. The number of esters is 1. The molecule has 2 saturated carbocycles. The molecule has 0 saturated heterocycles.